The molecule has 0 bridgehead atoms. The molecule has 16 heavy (non-hydrogen) atoms. The predicted molar refractivity (Wildman–Crippen MR) is 57.3 cm³/mol. The molecule has 0 aliphatic heterocycles. The quantitative estimate of drug-likeness (QED) is 0.621. The van der Waals surface area contributed by atoms with Gasteiger partial charge in [0.2, 0.25) is 11.6 Å². The Balaban J connectivity index is 2.48. The van der Waals surface area contributed by atoms with Crippen LogP contribution in [0.4, 0.5) is 0 Å². The molecule has 82 valence electrons. The minimum absolute atomic E-state index is 0.0113. The number of fused-ring (bicyclic) bond motifs is 1. The van der Waals surface area contributed by atoms with Gasteiger partial charge in [-0.1, -0.05) is 11.6 Å². The van der Waals surface area contributed by atoms with Gasteiger partial charge in [-0.3, -0.25) is 0 Å². The van der Waals surface area contributed by atoms with Gasteiger partial charge < -0.3 is 14.6 Å². The maximum atomic E-state index is 10.4. The molecule has 0 atom stereocenters. The highest BCUT2D eigenvalue weighted by Gasteiger charge is 2.08. The summed E-state index contributed by atoms with van der Waals surface area (Å²) in [6, 6.07) is 4.83. The summed E-state index contributed by atoms with van der Waals surface area (Å²) in [5.74, 6) is -2.27. The predicted octanol–water partition coefficient (Wildman–Crippen LogP) is 2.46. The molecule has 1 heterocycles. The summed E-state index contributed by atoms with van der Waals surface area (Å²) < 4.78 is 5.17. The SMILES string of the molecule is O=C(O)/C(O)=C/c1nc2ccc(Cl)cc2o1. The van der Waals surface area contributed by atoms with Crippen molar-refractivity contribution in [2.75, 3.05) is 0 Å². The zero-order valence-corrected chi connectivity index (χ0v) is 8.60. The Bertz CT molecular complexity index is 588. The lowest BCUT2D eigenvalue weighted by molar-refractivity contribution is -0.135. The summed E-state index contributed by atoms with van der Waals surface area (Å²) in [6.07, 6.45) is 0.927. The Morgan fingerprint density at radius 3 is 2.88 bits per heavy atom. The van der Waals surface area contributed by atoms with Crippen LogP contribution in [0.1, 0.15) is 5.89 Å². The van der Waals surface area contributed by atoms with Crippen LogP contribution >= 0.6 is 11.6 Å². The first-order valence-electron chi connectivity index (χ1n) is 4.26. The number of oxazole rings is 1. The molecule has 1 aromatic carbocycles. The molecule has 1 aromatic heterocycles. The number of rotatable bonds is 2. The molecule has 0 saturated carbocycles. The fourth-order valence-electron chi connectivity index (χ4n) is 1.16. The van der Waals surface area contributed by atoms with Crippen molar-refractivity contribution in [3.8, 4) is 0 Å². The van der Waals surface area contributed by atoms with Gasteiger partial charge in [-0.15, -0.1) is 0 Å². The Hall–Kier alpha value is -2.01. The lowest BCUT2D eigenvalue weighted by atomic mass is 10.3. The number of aromatic nitrogens is 1. The number of carboxylic acid groups (broad SMARTS) is 1. The van der Waals surface area contributed by atoms with Crippen molar-refractivity contribution < 1.29 is 19.4 Å². The third-order valence-electron chi connectivity index (χ3n) is 1.85. The van der Waals surface area contributed by atoms with Gasteiger partial charge in [-0.05, 0) is 12.1 Å². The smallest absolute Gasteiger partial charge is 0.371 e. The van der Waals surface area contributed by atoms with Crippen molar-refractivity contribution in [3.63, 3.8) is 0 Å². The molecule has 0 saturated heterocycles. The van der Waals surface area contributed by atoms with E-state index in [1.54, 1.807) is 18.2 Å². The summed E-state index contributed by atoms with van der Waals surface area (Å²) >= 11 is 5.74. The van der Waals surface area contributed by atoms with Gasteiger partial charge in [0.25, 0.3) is 0 Å². The van der Waals surface area contributed by atoms with Crippen LogP contribution in [0.5, 0.6) is 0 Å². The fourth-order valence-corrected chi connectivity index (χ4v) is 1.32. The number of benzene rings is 1. The second kappa shape index (κ2) is 3.86. The summed E-state index contributed by atoms with van der Waals surface area (Å²) in [4.78, 5) is 14.3. The summed E-state index contributed by atoms with van der Waals surface area (Å²) in [5.41, 5.74) is 0.964. The normalized spacial score (nSPS) is 11.9. The van der Waals surface area contributed by atoms with E-state index in [1.165, 1.54) is 0 Å². The van der Waals surface area contributed by atoms with E-state index in [0.29, 0.717) is 16.1 Å². The van der Waals surface area contributed by atoms with Crippen molar-refractivity contribution >= 4 is 34.7 Å². The topological polar surface area (TPSA) is 83.6 Å². The number of aliphatic hydroxyl groups excluding tert-OH is 1. The van der Waals surface area contributed by atoms with Gasteiger partial charge in [0.15, 0.2) is 5.58 Å². The van der Waals surface area contributed by atoms with Crippen LogP contribution in [0.3, 0.4) is 0 Å². The van der Waals surface area contributed by atoms with E-state index < -0.39 is 11.7 Å². The zero-order chi connectivity index (χ0) is 11.7. The molecule has 2 aromatic rings. The summed E-state index contributed by atoms with van der Waals surface area (Å²) in [6.45, 7) is 0. The Morgan fingerprint density at radius 1 is 1.44 bits per heavy atom. The lowest BCUT2D eigenvalue weighted by Gasteiger charge is -1.87. The number of hydrogen-bond acceptors (Lipinski definition) is 4. The molecule has 0 aliphatic carbocycles. The summed E-state index contributed by atoms with van der Waals surface area (Å²) in [5, 5.41) is 17.9. The zero-order valence-electron chi connectivity index (χ0n) is 7.85. The molecule has 0 spiro atoms. The molecular weight excluding hydrogens is 234 g/mol. The van der Waals surface area contributed by atoms with Crippen LogP contribution in [0.25, 0.3) is 17.2 Å². The minimum Gasteiger partial charge on any atom is -0.502 e. The standard InChI is InChI=1S/C10H6ClNO4/c11-5-1-2-6-8(3-5)16-9(12-6)4-7(13)10(14)15/h1-4,13H,(H,14,15)/b7-4-. The minimum atomic E-state index is -1.44. The van der Waals surface area contributed by atoms with Gasteiger partial charge in [0.1, 0.15) is 5.52 Å². The Morgan fingerprint density at radius 2 is 2.19 bits per heavy atom. The van der Waals surface area contributed by atoms with Crippen LogP contribution in [0.15, 0.2) is 28.4 Å². The molecule has 0 fully saturated rings. The third kappa shape index (κ3) is 1.99. The molecule has 2 N–H and O–H groups in total. The number of nitrogens with zero attached hydrogens (tertiary/aromatic N) is 1. The largest absolute Gasteiger partial charge is 0.502 e. The number of carboxylic acids is 1. The Kier molecular flexibility index (Phi) is 2.54. The van der Waals surface area contributed by atoms with E-state index in [4.69, 9.17) is 26.2 Å². The highest BCUT2D eigenvalue weighted by atomic mass is 35.5. The van der Waals surface area contributed by atoms with Gasteiger partial charge in [-0.2, -0.15) is 0 Å². The van der Waals surface area contributed by atoms with Gasteiger partial charge >= 0.3 is 5.97 Å². The maximum absolute atomic E-state index is 10.4. The van der Waals surface area contributed by atoms with E-state index >= 15 is 0 Å². The van der Waals surface area contributed by atoms with Crippen LogP contribution < -0.4 is 0 Å². The van der Waals surface area contributed by atoms with E-state index in [-0.39, 0.29) is 5.89 Å². The first-order valence-corrected chi connectivity index (χ1v) is 4.64. The van der Waals surface area contributed by atoms with Crippen molar-refractivity contribution in [1.29, 1.82) is 0 Å². The second-order valence-electron chi connectivity index (χ2n) is 3.00. The van der Waals surface area contributed by atoms with Crippen LogP contribution in [0.2, 0.25) is 5.02 Å². The maximum Gasteiger partial charge on any atom is 0.371 e. The number of aliphatic carboxylic acids is 1. The van der Waals surface area contributed by atoms with Crippen molar-refractivity contribution in [3.05, 3.63) is 34.9 Å². The van der Waals surface area contributed by atoms with E-state index in [1.807, 2.05) is 0 Å². The number of carbonyl (C=O) groups is 1. The molecule has 0 radical (unpaired) electrons. The van der Waals surface area contributed by atoms with Crippen LogP contribution in [0, 0.1) is 0 Å². The average Bonchev–Trinajstić information content (AvgIpc) is 2.58. The summed E-state index contributed by atoms with van der Waals surface area (Å²) in [7, 11) is 0. The fraction of sp³-hybridized carbons (Fsp3) is 0. The van der Waals surface area contributed by atoms with Crippen molar-refractivity contribution in [2.45, 2.75) is 0 Å². The molecule has 0 amide bonds. The molecule has 2 rings (SSSR count). The average molecular weight is 240 g/mol. The van der Waals surface area contributed by atoms with Gasteiger partial charge in [0, 0.05) is 11.1 Å². The first kappa shape index (κ1) is 10.5. The van der Waals surface area contributed by atoms with Crippen LogP contribution in [-0.2, 0) is 4.79 Å². The van der Waals surface area contributed by atoms with E-state index in [9.17, 15) is 4.79 Å². The highest BCUT2D eigenvalue weighted by Crippen LogP contribution is 2.20. The van der Waals surface area contributed by atoms with E-state index in [2.05, 4.69) is 4.98 Å². The molecule has 0 unspecified atom stereocenters. The second-order valence-corrected chi connectivity index (χ2v) is 3.44. The van der Waals surface area contributed by atoms with Crippen molar-refractivity contribution in [1.82, 2.24) is 4.98 Å². The number of halogens is 1. The van der Waals surface area contributed by atoms with Gasteiger partial charge in [-0.25, -0.2) is 9.78 Å². The van der Waals surface area contributed by atoms with Crippen LogP contribution in [-0.4, -0.2) is 21.2 Å². The molecule has 0 aliphatic rings. The third-order valence-corrected chi connectivity index (χ3v) is 2.08. The van der Waals surface area contributed by atoms with E-state index in [0.717, 1.165) is 6.08 Å². The number of aliphatic hydroxyl groups is 1. The molecular formula is C10H6ClNO4. The monoisotopic (exact) mass is 239 g/mol. The highest BCUT2D eigenvalue weighted by molar-refractivity contribution is 6.31. The lowest BCUT2D eigenvalue weighted by Crippen LogP contribution is -1.98. The van der Waals surface area contributed by atoms with Gasteiger partial charge in [0.05, 0.1) is 6.08 Å². The van der Waals surface area contributed by atoms with Crippen molar-refractivity contribution in [2.24, 2.45) is 0 Å². The Labute approximate surface area is 94.6 Å². The first-order chi connectivity index (χ1) is 7.56. The molecule has 5 nitrogen and oxygen atoms in total. The molecule has 6 heteroatoms. The number of hydrogen-bond donors (Lipinski definition) is 2.